The van der Waals surface area contributed by atoms with Gasteiger partial charge in [0.15, 0.2) is 5.65 Å². The molecule has 0 aliphatic rings. The molecule has 0 saturated heterocycles. The van der Waals surface area contributed by atoms with Gasteiger partial charge >= 0.3 is 0 Å². The van der Waals surface area contributed by atoms with Crippen LogP contribution in [-0.2, 0) is 0 Å². The molecule has 0 atom stereocenters. The van der Waals surface area contributed by atoms with Crippen molar-refractivity contribution in [3.8, 4) is 11.6 Å². The van der Waals surface area contributed by atoms with Crippen LogP contribution in [0.15, 0.2) is 28.9 Å². The highest BCUT2D eigenvalue weighted by Crippen LogP contribution is 2.33. The fourth-order valence-electron chi connectivity index (χ4n) is 1.61. The lowest BCUT2D eigenvalue weighted by atomic mass is 10.3. The van der Waals surface area contributed by atoms with E-state index in [1.807, 2.05) is 6.07 Å². The van der Waals surface area contributed by atoms with Crippen LogP contribution in [0.1, 0.15) is 0 Å². The van der Waals surface area contributed by atoms with Crippen molar-refractivity contribution >= 4 is 44.5 Å². The molecule has 3 rings (SSSR count). The van der Waals surface area contributed by atoms with Gasteiger partial charge in [0.05, 0.1) is 11.2 Å². The van der Waals surface area contributed by atoms with Crippen molar-refractivity contribution in [1.82, 2.24) is 20.2 Å². The number of aromatic nitrogens is 4. The molecular weight excluding hydrogens is 348 g/mol. The summed E-state index contributed by atoms with van der Waals surface area (Å²) in [6.45, 7) is 0. The number of fused-ring (bicyclic) bond motifs is 1. The molecule has 20 heavy (non-hydrogen) atoms. The molecule has 4 N–H and O–H groups in total. The van der Waals surface area contributed by atoms with E-state index in [9.17, 15) is 0 Å². The van der Waals surface area contributed by atoms with Crippen LogP contribution < -0.4 is 16.0 Å². The predicted molar refractivity (Wildman–Crippen MR) is 78.7 cm³/mol. The third-order valence-corrected chi connectivity index (χ3v) is 3.31. The van der Waals surface area contributed by atoms with Crippen molar-refractivity contribution in [2.45, 2.75) is 0 Å². The van der Waals surface area contributed by atoms with Gasteiger partial charge in [0, 0.05) is 4.47 Å². The lowest BCUT2D eigenvalue weighted by Crippen LogP contribution is -2.10. The van der Waals surface area contributed by atoms with Gasteiger partial charge in [-0.2, -0.15) is 15.1 Å². The van der Waals surface area contributed by atoms with Crippen molar-refractivity contribution in [3.05, 3.63) is 33.9 Å². The molecule has 0 spiro atoms. The number of nitrogens with two attached hydrogens (primary N) is 1. The van der Waals surface area contributed by atoms with Crippen LogP contribution in [0.3, 0.4) is 0 Å². The fraction of sp³-hybridized carbons (Fsp3) is 0. The van der Waals surface area contributed by atoms with E-state index in [4.69, 9.17) is 22.2 Å². The fourth-order valence-corrected chi connectivity index (χ4v) is 2.11. The van der Waals surface area contributed by atoms with E-state index < -0.39 is 0 Å². The zero-order chi connectivity index (χ0) is 14.1. The Morgan fingerprint density at radius 1 is 1.35 bits per heavy atom. The second-order valence-corrected chi connectivity index (χ2v) is 5.13. The monoisotopic (exact) mass is 354 g/mol. The first-order valence-electron chi connectivity index (χ1n) is 5.48. The number of nitrogen functional groups attached to an aromatic ring is 1. The third-order valence-electron chi connectivity index (χ3n) is 2.50. The minimum Gasteiger partial charge on any atom is -0.436 e. The van der Waals surface area contributed by atoms with Crippen molar-refractivity contribution in [2.75, 3.05) is 5.43 Å². The highest BCUT2D eigenvalue weighted by atomic mass is 79.9. The van der Waals surface area contributed by atoms with E-state index in [0.29, 0.717) is 27.7 Å². The van der Waals surface area contributed by atoms with Crippen LogP contribution in [0.4, 0.5) is 5.95 Å². The quantitative estimate of drug-likeness (QED) is 0.493. The Kier molecular flexibility index (Phi) is 3.43. The summed E-state index contributed by atoms with van der Waals surface area (Å²) in [6.07, 6.45) is 1.57. The van der Waals surface area contributed by atoms with Crippen LogP contribution in [-0.4, -0.2) is 20.2 Å². The molecule has 1 aromatic carbocycles. The molecule has 9 heteroatoms. The number of hydrazine groups is 1. The molecule has 2 heterocycles. The second kappa shape index (κ2) is 5.23. The first-order valence-corrected chi connectivity index (χ1v) is 6.65. The summed E-state index contributed by atoms with van der Waals surface area (Å²) < 4.78 is 6.57. The number of aromatic amines is 1. The molecule has 0 radical (unpaired) electrons. The summed E-state index contributed by atoms with van der Waals surface area (Å²) >= 11 is 9.45. The van der Waals surface area contributed by atoms with Gasteiger partial charge in [-0.25, -0.2) is 5.84 Å². The van der Waals surface area contributed by atoms with Crippen LogP contribution in [0.25, 0.3) is 11.0 Å². The Bertz CT molecular complexity index is 777. The van der Waals surface area contributed by atoms with Gasteiger partial charge in [-0.3, -0.25) is 10.5 Å². The van der Waals surface area contributed by atoms with E-state index in [1.54, 1.807) is 18.3 Å². The van der Waals surface area contributed by atoms with Crippen molar-refractivity contribution in [1.29, 1.82) is 0 Å². The van der Waals surface area contributed by atoms with Crippen LogP contribution in [0.5, 0.6) is 11.6 Å². The molecule has 0 bridgehead atoms. The highest BCUT2D eigenvalue weighted by molar-refractivity contribution is 9.10. The number of nitrogens with one attached hydrogen (secondary N) is 2. The maximum Gasteiger partial charge on any atom is 0.242 e. The lowest BCUT2D eigenvalue weighted by Gasteiger charge is -2.09. The molecule has 0 saturated carbocycles. The van der Waals surface area contributed by atoms with Gasteiger partial charge in [0.2, 0.25) is 11.8 Å². The average Bonchev–Trinajstić information content (AvgIpc) is 2.91. The molecule has 0 amide bonds. The second-order valence-electron chi connectivity index (χ2n) is 3.81. The highest BCUT2D eigenvalue weighted by Gasteiger charge is 2.13. The number of anilines is 1. The van der Waals surface area contributed by atoms with E-state index >= 15 is 0 Å². The molecule has 3 aromatic rings. The summed E-state index contributed by atoms with van der Waals surface area (Å²) in [7, 11) is 0. The smallest absolute Gasteiger partial charge is 0.242 e. The summed E-state index contributed by atoms with van der Waals surface area (Å²) in [6, 6.07) is 5.28. The van der Waals surface area contributed by atoms with Crippen molar-refractivity contribution < 1.29 is 4.74 Å². The van der Waals surface area contributed by atoms with Crippen molar-refractivity contribution in [3.63, 3.8) is 0 Å². The predicted octanol–water partition coefficient (Wildman–Crippen LogP) is 2.85. The van der Waals surface area contributed by atoms with Gasteiger partial charge in [-0.05, 0) is 18.2 Å². The van der Waals surface area contributed by atoms with Gasteiger partial charge in [0.25, 0.3) is 0 Å². The van der Waals surface area contributed by atoms with E-state index in [0.717, 1.165) is 4.47 Å². The first kappa shape index (κ1) is 13.1. The molecule has 0 unspecified atom stereocenters. The van der Waals surface area contributed by atoms with Crippen molar-refractivity contribution in [2.24, 2.45) is 5.84 Å². The minimum absolute atomic E-state index is 0.211. The lowest BCUT2D eigenvalue weighted by molar-refractivity contribution is 0.469. The first-order chi connectivity index (χ1) is 9.67. The standard InChI is InChI=1S/C11H8BrClN6O/c12-5-1-2-7(13)8(3-5)20-10-6-4-15-19-9(6)16-11(17-10)18-14/h1-4H,14H2,(H2,15,16,17,18,19). The third kappa shape index (κ3) is 2.40. The largest absolute Gasteiger partial charge is 0.436 e. The van der Waals surface area contributed by atoms with Crippen LogP contribution in [0.2, 0.25) is 5.02 Å². The Morgan fingerprint density at radius 3 is 3.00 bits per heavy atom. The Morgan fingerprint density at radius 2 is 2.20 bits per heavy atom. The molecule has 0 fully saturated rings. The molecule has 0 aliphatic carbocycles. The molecular formula is C11H8BrClN6O. The normalized spacial score (nSPS) is 10.8. The average molecular weight is 356 g/mol. The Labute approximate surface area is 126 Å². The summed E-state index contributed by atoms with van der Waals surface area (Å²) in [5, 5.41) is 7.72. The van der Waals surface area contributed by atoms with Crippen LogP contribution >= 0.6 is 27.5 Å². The van der Waals surface area contributed by atoms with Gasteiger partial charge in [-0.15, -0.1) is 0 Å². The SMILES string of the molecule is NNc1nc(Oc2cc(Br)ccc2Cl)c2cn[nH]c2n1. The molecule has 2 aromatic heterocycles. The number of ether oxygens (including phenoxy) is 1. The number of hydrogen-bond acceptors (Lipinski definition) is 6. The van der Waals surface area contributed by atoms with E-state index in [-0.39, 0.29) is 5.95 Å². The number of nitrogens with zero attached hydrogens (tertiary/aromatic N) is 3. The number of hydrogen-bond donors (Lipinski definition) is 3. The maximum absolute atomic E-state index is 6.09. The topological polar surface area (TPSA) is 102 Å². The maximum atomic E-state index is 6.09. The van der Waals surface area contributed by atoms with E-state index in [1.165, 1.54) is 0 Å². The zero-order valence-electron chi connectivity index (χ0n) is 9.89. The number of rotatable bonds is 3. The summed E-state index contributed by atoms with van der Waals surface area (Å²) in [4.78, 5) is 8.26. The van der Waals surface area contributed by atoms with Gasteiger partial charge in [-0.1, -0.05) is 27.5 Å². The van der Waals surface area contributed by atoms with Crippen LogP contribution in [0, 0.1) is 0 Å². The molecule has 0 aliphatic heterocycles. The van der Waals surface area contributed by atoms with Gasteiger partial charge in [0.1, 0.15) is 11.1 Å². The van der Waals surface area contributed by atoms with E-state index in [2.05, 4.69) is 41.5 Å². The summed E-state index contributed by atoms with van der Waals surface area (Å²) in [5.74, 6) is 6.30. The van der Waals surface area contributed by atoms with Gasteiger partial charge < -0.3 is 4.74 Å². The number of halogens is 2. The number of benzene rings is 1. The zero-order valence-corrected chi connectivity index (χ0v) is 12.2. The Hall–Kier alpha value is -1.90. The summed E-state index contributed by atoms with van der Waals surface area (Å²) in [5.41, 5.74) is 2.88. The minimum atomic E-state index is 0.211. The Balaban J connectivity index is 2.09. The molecule has 7 nitrogen and oxygen atoms in total. The molecule has 102 valence electrons. The number of H-pyrrole nitrogens is 1.